The number of hydrogen-bond donors (Lipinski definition) is 2. The van der Waals surface area contributed by atoms with Gasteiger partial charge in [0, 0.05) is 15.1 Å². The minimum Gasteiger partial charge on any atom is -0.271 e. The summed E-state index contributed by atoms with van der Waals surface area (Å²) in [5, 5.41) is 4.22. The molecule has 0 saturated heterocycles. The zero-order valence-corrected chi connectivity index (χ0v) is 14.8. The van der Waals surface area contributed by atoms with Crippen molar-refractivity contribution in [3.8, 4) is 0 Å². The van der Waals surface area contributed by atoms with E-state index in [0.29, 0.717) is 0 Å². The first-order chi connectivity index (χ1) is 8.54. The van der Waals surface area contributed by atoms with Crippen molar-refractivity contribution in [1.82, 2.24) is 15.2 Å². The molecule has 0 saturated carbocycles. The molecule has 18 heavy (non-hydrogen) atoms. The Hall–Kier alpha value is 0.0400. The molecule has 0 fully saturated rings. The number of nitrogens with zero attached hydrogens (tertiary/aromatic N) is 2. The molecule has 1 heterocycles. The average Bonchev–Trinajstić information content (AvgIpc) is 2.66. The lowest BCUT2D eigenvalue weighted by molar-refractivity contribution is 0.571. The first-order valence-corrected chi connectivity index (χ1v) is 7.79. The Morgan fingerprint density at radius 1 is 1.44 bits per heavy atom. The van der Waals surface area contributed by atoms with Gasteiger partial charge < -0.3 is 0 Å². The minimum absolute atomic E-state index is 0.115. The molecule has 1 unspecified atom stereocenters. The molecule has 3 N–H and O–H groups in total. The third-order valence-electron chi connectivity index (χ3n) is 2.65. The van der Waals surface area contributed by atoms with Gasteiger partial charge in [0.1, 0.15) is 0 Å². The molecule has 0 aliphatic carbocycles. The zero-order chi connectivity index (χ0) is 13.3. The molecule has 4 nitrogen and oxygen atoms in total. The summed E-state index contributed by atoms with van der Waals surface area (Å²) in [5.41, 5.74) is 4.96. The maximum Gasteiger partial charge on any atom is 0.0900 e. The fourth-order valence-corrected chi connectivity index (χ4v) is 3.40. The van der Waals surface area contributed by atoms with E-state index in [0.717, 1.165) is 23.8 Å². The summed E-state index contributed by atoms with van der Waals surface area (Å²) in [6.07, 6.45) is 1.77. The summed E-state index contributed by atoms with van der Waals surface area (Å²) >= 11 is 9.30. The molecule has 0 radical (unpaired) electrons. The second kappa shape index (κ2) is 6.00. The third kappa shape index (κ3) is 2.79. The van der Waals surface area contributed by atoms with Gasteiger partial charge in [-0.05, 0) is 62.3 Å². The van der Waals surface area contributed by atoms with Crippen LogP contribution in [-0.2, 0) is 7.05 Å². The lowest BCUT2D eigenvalue weighted by Crippen LogP contribution is -2.31. The van der Waals surface area contributed by atoms with Crippen molar-refractivity contribution in [3.05, 3.63) is 48.2 Å². The molecule has 1 atom stereocenters. The first kappa shape index (κ1) is 14.4. The van der Waals surface area contributed by atoms with Crippen molar-refractivity contribution in [1.29, 1.82) is 0 Å². The monoisotopic (exact) mass is 484 g/mol. The Morgan fingerprint density at radius 3 is 2.72 bits per heavy atom. The summed E-state index contributed by atoms with van der Waals surface area (Å²) in [6, 6.07) is 6.01. The third-order valence-corrected chi connectivity index (χ3v) is 4.73. The van der Waals surface area contributed by atoms with Crippen molar-refractivity contribution < 1.29 is 0 Å². The minimum atomic E-state index is -0.115. The van der Waals surface area contributed by atoms with Crippen LogP contribution in [0.5, 0.6) is 0 Å². The molecule has 0 aliphatic rings. The lowest BCUT2D eigenvalue weighted by atomic mass is 10.0. The molecule has 1 aromatic carbocycles. The molecule has 2 rings (SSSR count). The van der Waals surface area contributed by atoms with Gasteiger partial charge in [0.2, 0.25) is 0 Å². The average molecular weight is 486 g/mol. The van der Waals surface area contributed by atoms with E-state index in [4.69, 9.17) is 5.84 Å². The predicted molar refractivity (Wildman–Crippen MR) is 86.9 cm³/mol. The van der Waals surface area contributed by atoms with Crippen LogP contribution in [0.3, 0.4) is 0 Å². The van der Waals surface area contributed by atoms with Gasteiger partial charge in [-0.3, -0.25) is 10.5 Å². The molecular weight excluding hydrogens is 475 g/mol. The van der Waals surface area contributed by atoms with Crippen LogP contribution < -0.4 is 11.3 Å². The number of aryl methyl sites for hydroxylation is 1. The molecule has 7 heteroatoms. The molecule has 0 spiro atoms. The summed E-state index contributed by atoms with van der Waals surface area (Å²) in [7, 11) is 1.90. The highest BCUT2D eigenvalue weighted by Gasteiger charge is 2.21. The largest absolute Gasteiger partial charge is 0.271 e. The van der Waals surface area contributed by atoms with E-state index in [1.165, 1.54) is 0 Å². The lowest BCUT2D eigenvalue weighted by Gasteiger charge is -2.19. The molecular formula is C11H11Br2IN4. The Balaban J connectivity index is 2.55. The van der Waals surface area contributed by atoms with Crippen LogP contribution in [-0.4, -0.2) is 9.78 Å². The highest BCUT2D eigenvalue weighted by molar-refractivity contribution is 14.1. The first-order valence-electron chi connectivity index (χ1n) is 5.13. The quantitative estimate of drug-likeness (QED) is 0.399. The van der Waals surface area contributed by atoms with Crippen LogP contribution >= 0.6 is 54.5 Å². The van der Waals surface area contributed by atoms with Crippen molar-refractivity contribution in [2.24, 2.45) is 12.9 Å². The van der Waals surface area contributed by atoms with E-state index in [2.05, 4.69) is 77.1 Å². The van der Waals surface area contributed by atoms with Crippen LogP contribution in [0.2, 0.25) is 0 Å². The smallest absolute Gasteiger partial charge is 0.0900 e. The Kier molecular flexibility index (Phi) is 4.81. The Bertz CT molecular complexity index is 551. The van der Waals surface area contributed by atoms with Gasteiger partial charge in [0.25, 0.3) is 0 Å². The molecule has 2 aromatic rings. The maximum absolute atomic E-state index is 5.72. The van der Waals surface area contributed by atoms with Gasteiger partial charge in [-0.2, -0.15) is 5.10 Å². The van der Waals surface area contributed by atoms with E-state index in [1.54, 1.807) is 6.20 Å². The normalized spacial score (nSPS) is 12.7. The second-order valence-corrected chi connectivity index (χ2v) is 6.70. The summed E-state index contributed by atoms with van der Waals surface area (Å²) in [4.78, 5) is 0. The van der Waals surface area contributed by atoms with E-state index in [-0.39, 0.29) is 6.04 Å². The number of aromatic nitrogens is 2. The fraction of sp³-hybridized carbons (Fsp3) is 0.182. The second-order valence-electron chi connectivity index (χ2n) is 3.77. The predicted octanol–water partition coefficient (Wildman–Crippen LogP) is 3.10. The van der Waals surface area contributed by atoms with Gasteiger partial charge >= 0.3 is 0 Å². The van der Waals surface area contributed by atoms with Crippen molar-refractivity contribution in [2.75, 3.05) is 0 Å². The van der Waals surface area contributed by atoms with E-state index < -0.39 is 0 Å². The zero-order valence-electron chi connectivity index (χ0n) is 9.49. The standard InChI is InChI=1S/C11H11Br2IN4/c1-18-11(8(13)5-16-18)10(17-15)7-4-6(12)2-3-9(7)14/h2-5,10,17H,15H2,1H3. The van der Waals surface area contributed by atoms with Crippen molar-refractivity contribution in [3.63, 3.8) is 0 Å². The maximum atomic E-state index is 5.72. The van der Waals surface area contributed by atoms with Crippen molar-refractivity contribution in [2.45, 2.75) is 6.04 Å². The summed E-state index contributed by atoms with van der Waals surface area (Å²) < 4.78 is 4.91. The topological polar surface area (TPSA) is 55.9 Å². The van der Waals surface area contributed by atoms with E-state index in [9.17, 15) is 0 Å². The van der Waals surface area contributed by atoms with Crippen LogP contribution in [0.1, 0.15) is 17.3 Å². The van der Waals surface area contributed by atoms with Crippen LogP contribution in [0, 0.1) is 3.57 Å². The Labute approximate surface area is 136 Å². The number of nitrogens with one attached hydrogen (secondary N) is 1. The molecule has 96 valence electrons. The molecule has 0 amide bonds. The van der Waals surface area contributed by atoms with Gasteiger partial charge in [-0.1, -0.05) is 15.9 Å². The Morgan fingerprint density at radius 2 is 2.17 bits per heavy atom. The SMILES string of the molecule is Cn1ncc(Br)c1C(NN)c1cc(Br)ccc1I. The van der Waals surface area contributed by atoms with Gasteiger partial charge in [-0.15, -0.1) is 0 Å². The van der Waals surface area contributed by atoms with E-state index in [1.807, 2.05) is 17.8 Å². The highest BCUT2D eigenvalue weighted by atomic mass is 127. The molecule has 1 aromatic heterocycles. The van der Waals surface area contributed by atoms with Crippen LogP contribution in [0.4, 0.5) is 0 Å². The van der Waals surface area contributed by atoms with Gasteiger partial charge in [0.05, 0.1) is 22.4 Å². The fourth-order valence-electron chi connectivity index (χ4n) is 1.80. The number of hydrazine groups is 1. The molecule has 0 aliphatic heterocycles. The van der Waals surface area contributed by atoms with Gasteiger partial charge in [0.15, 0.2) is 0 Å². The van der Waals surface area contributed by atoms with Crippen LogP contribution in [0.25, 0.3) is 0 Å². The number of rotatable bonds is 3. The van der Waals surface area contributed by atoms with E-state index >= 15 is 0 Å². The number of hydrogen-bond acceptors (Lipinski definition) is 3. The summed E-state index contributed by atoms with van der Waals surface area (Å²) in [6.45, 7) is 0. The summed E-state index contributed by atoms with van der Waals surface area (Å²) in [5.74, 6) is 5.72. The number of nitrogens with two attached hydrogens (primary N) is 1. The van der Waals surface area contributed by atoms with Crippen LogP contribution in [0.15, 0.2) is 33.3 Å². The molecule has 0 bridgehead atoms. The van der Waals surface area contributed by atoms with Gasteiger partial charge in [-0.25, -0.2) is 5.43 Å². The highest BCUT2D eigenvalue weighted by Crippen LogP contribution is 2.31. The number of halogens is 3. The number of benzene rings is 1. The van der Waals surface area contributed by atoms with Crippen molar-refractivity contribution >= 4 is 54.5 Å².